The number of nitrogen functional groups attached to an aromatic ring is 1. The van der Waals surface area contributed by atoms with Crippen LogP contribution in [0.15, 0.2) is 55.1 Å². The molecule has 36 heavy (non-hydrogen) atoms. The molecule has 0 saturated heterocycles. The van der Waals surface area contributed by atoms with Crippen molar-refractivity contribution in [3.05, 3.63) is 66.2 Å². The number of nitrogens with zero attached hydrogens (tertiary/aromatic N) is 5. The van der Waals surface area contributed by atoms with E-state index < -0.39 is 0 Å². The lowest BCUT2D eigenvalue weighted by Crippen LogP contribution is -2.23. The predicted octanol–water partition coefficient (Wildman–Crippen LogP) is 3.36. The zero-order chi connectivity index (χ0) is 24.6. The second-order valence-corrected chi connectivity index (χ2v) is 9.20. The maximum atomic E-state index is 12.8. The van der Waals surface area contributed by atoms with Crippen LogP contribution in [-0.4, -0.2) is 46.8 Å². The number of imidazole rings is 1. The molecule has 1 amide bonds. The topological polar surface area (TPSA) is 148 Å². The number of aliphatic hydroxyl groups excluding tert-OH is 1. The Bertz CT molecular complexity index is 1550. The Kier molecular flexibility index (Phi) is 5.57. The molecule has 3 heterocycles. The van der Waals surface area contributed by atoms with E-state index in [1.54, 1.807) is 12.4 Å². The van der Waals surface area contributed by atoms with Gasteiger partial charge in [-0.25, -0.2) is 19.6 Å². The van der Waals surface area contributed by atoms with E-state index in [9.17, 15) is 9.90 Å². The quantitative estimate of drug-likeness (QED) is 0.300. The van der Waals surface area contributed by atoms with Gasteiger partial charge in [-0.3, -0.25) is 4.79 Å². The van der Waals surface area contributed by atoms with Gasteiger partial charge < -0.3 is 21.1 Å². The summed E-state index contributed by atoms with van der Waals surface area (Å²) in [5.74, 6) is 0.213. The molecule has 0 spiro atoms. The molecular formula is C26H26N8O2. The minimum Gasteiger partial charge on any atom is -0.393 e. The van der Waals surface area contributed by atoms with E-state index in [0.29, 0.717) is 29.1 Å². The van der Waals surface area contributed by atoms with Gasteiger partial charge in [0.1, 0.15) is 23.4 Å². The molecule has 2 aromatic carbocycles. The minimum absolute atomic E-state index is 0.160. The van der Waals surface area contributed by atoms with Crippen LogP contribution in [0.5, 0.6) is 0 Å². The van der Waals surface area contributed by atoms with E-state index in [2.05, 4.69) is 25.3 Å². The van der Waals surface area contributed by atoms with Crippen LogP contribution < -0.4 is 11.1 Å². The number of anilines is 1. The third kappa shape index (κ3) is 3.95. The fourth-order valence-electron chi connectivity index (χ4n) is 4.96. The number of aromatic amines is 1. The highest BCUT2D eigenvalue weighted by Crippen LogP contribution is 2.35. The maximum Gasteiger partial charge on any atom is 0.253 e. The van der Waals surface area contributed by atoms with Crippen LogP contribution in [0.25, 0.3) is 33.3 Å². The number of carbonyl (C=O) groups excluding carboxylic acids is 1. The highest BCUT2D eigenvalue weighted by atomic mass is 16.3. The largest absolute Gasteiger partial charge is 0.393 e. The molecule has 0 unspecified atom stereocenters. The zero-order valence-corrected chi connectivity index (χ0v) is 19.6. The van der Waals surface area contributed by atoms with Crippen LogP contribution in [0.1, 0.15) is 47.6 Å². The fraction of sp³-hybridized carbons (Fsp3) is 0.269. The van der Waals surface area contributed by atoms with Crippen molar-refractivity contribution in [2.45, 2.75) is 44.4 Å². The fourth-order valence-corrected chi connectivity index (χ4v) is 4.96. The predicted molar refractivity (Wildman–Crippen MR) is 136 cm³/mol. The third-order valence-electron chi connectivity index (χ3n) is 6.91. The molecule has 3 aromatic heterocycles. The molecule has 5 N–H and O–H groups in total. The summed E-state index contributed by atoms with van der Waals surface area (Å²) in [5, 5.41) is 18.5. The summed E-state index contributed by atoms with van der Waals surface area (Å²) >= 11 is 0. The first-order valence-electron chi connectivity index (χ1n) is 12.0. The number of hydrogen-bond donors (Lipinski definition) is 4. The molecule has 10 nitrogen and oxygen atoms in total. The smallest absolute Gasteiger partial charge is 0.253 e. The average Bonchev–Trinajstić information content (AvgIpc) is 3.54. The summed E-state index contributed by atoms with van der Waals surface area (Å²) in [7, 11) is 0. The van der Waals surface area contributed by atoms with Crippen LogP contribution in [-0.2, 0) is 6.54 Å². The van der Waals surface area contributed by atoms with Crippen LogP contribution >= 0.6 is 0 Å². The highest BCUT2D eigenvalue weighted by Gasteiger charge is 2.26. The Hall–Kier alpha value is -4.31. The number of rotatable bonds is 5. The molecule has 10 heteroatoms. The Balaban J connectivity index is 1.24. The van der Waals surface area contributed by atoms with Crippen molar-refractivity contribution in [3.8, 4) is 11.3 Å². The molecule has 182 valence electrons. The number of amides is 1. The SMILES string of the molecule is Nc1ncnc2c1c(-c1ccc(CNC(=O)c3cccc4[nH]cnc34)cc1)nn2C1CCC(O)CC1. The van der Waals surface area contributed by atoms with Gasteiger partial charge in [0.15, 0.2) is 5.65 Å². The lowest BCUT2D eigenvalue weighted by molar-refractivity contribution is 0.0952. The molecule has 0 aliphatic heterocycles. The monoisotopic (exact) mass is 482 g/mol. The van der Waals surface area contributed by atoms with Gasteiger partial charge in [-0.05, 0) is 43.4 Å². The van der Waals surface area contributed by atoms with Gasteiger partial charge in [0.05, 0.1) is 34.9 Å². The number of nitrogens with one attached hydrogen (secondary N) is 2. The number of aliphatic hydroxyl groups is 1. The summed E-state index contributed by atoms with van der Waals surface area (Å²) in [6, 6.07) is 13.5. The zero-order valence-electron chi connectivity index (χ0n) is 19.6. The third-order valence-corrected chi connectivity index (χ3v) is 6.91. The molecule has 0 radical (unpaired) electrons. The van der Waals surface area contributed by atoms with Gasteiger partial charge in [-0.1, -0.05) is 30.3 Å². The number of nitrogens with two attached hydrogens (primary N) is 1. The number of H-pyrrole nitrogens is 1. The summed E-state index contributed by atoms with van der Waals surface area (Å²) in [5.41, 5.74) is 11.6. The number of hydrogen-bond acceptors (Lipinski definition) is 7. The summed E-state index contributed by atoms with van der Waals surface area (Å²) < 4.78 is 1.94. The second kappa shape index (κ2) is 9.04. The van der Waals surface area contributed by atoms with Crippen LogP contribution in [0.2, 0.25) is 0 Å². The van der Waals surface area contributed by atoms with Crippen LogP contribution in [0, 0.1) is 0 Å². The Morgan fingerprint density at radius 1 is 1.08 bits per heavy atom. The number of benzene rings is 2. The van der Waals surface area contributed by atoms with Gasteiger partial charge in [-0.15, -0.1) is 0 Å². The highest BCUT2D eigenvalue weighted by molar-refractivity contribution is 6.04. The number of aromatic nitrogens is 6. The first-order valence-corrected chi connectivity index (χ1v) is 12.0. The van der Waals surface area contributed by atoms with Crippen molar-refractivity contribution >= 4 is 33.8 Å². The average molecular weight is 483 g/mol. The van der Waals surface area contributed by atoms with E-state index in [-0.39, 0.29) is 18.1 Å². The molecule has 1 fully saturated rings. The van der Waals surface area contributed by atoms with E-state index in [1.807, 2.05) is 41.1 Å². The Labute approximate surface area is 206 Å². The van der Waals surface area contributed by atoms with Crippen molar-refractivity contribution in [2.75, 3.05) is 5.73 Å². The molecule has 0 bridgehead atoms. The van der Waals surface area contributed by atoms with Gasteiger partial charge in [0, 0.05) is 12.1 Å². The van der Waals surface area contributed by atoms with E-state index >= 15 is 0 Å². The van der Waals surface area contributed by atoms with Crippen molar-refractivity contribution < 1.29 is 9.90 Å². The first-order chi connectivity index (χ1) is 17.6. The first kappa shape index (κ1) is 22.2. The number of para-hydroxylation sites is 1. The van der Waals surface area contributed by atoms with E-state index in [4.69, 9.17) is 10.8 Å². The lowest BCUT2D eigenvalue weighted by Gasteiger charge is -2.25. The van der Waals surface area contributed by atoms with Crippen molar-refractivity contribution in [1.29, 1.82) is 0 Å². The van der Waals surface area contributed by atoms with Gasteiger partial charge in [0.2, 0.25) is 0 Å². The molecule has 5 aromatic rings. The number of carbonyl (C=O) groups is 1. The van der Waals surface area contributed by atoms with Gasteiger partial charge in [-0.2, -0.15) is 5.10 Å². The van der Waals surface area contributed by atoms with Gasteiger partial charge >= 0.3 is 0 Å². The number of fused-ring (bicyclic) bond motifs is 2. The maximum absolute atomic E-state index is 12.8. The van der Waals surface area contributed by atoms with Gasteiger partial charge in [0.25, 0.3) is 5.91 Å². The Morgan fingerprint density at radius 3 is 2.69 bits per heavy atom. The summed E-state index contributed by atoms with van der Waals surface area (Å²) in [6.07, 6.45) is 5.97. The molecule has 1 aliphatic carbocycles. The van der Waals surface area contributed by atoms with E-state index in [0.717, 1.165) is 53.4 Å². The second-order valence-electron chi connectivity index (χ2n) is 9.20. The standard InChI is InChI=1S/C26H26N8O2/c27-24-21-22(33-34(25(21)32-14-31-24)17-8-10-18(35)11-9-17)16-6-4-15(5-7-16)12-28-26(36)19-2-1-3-20-23(19)30-13-29-20/h1-7,13-14,17-18,35H,8-12H2,(H,28,36)(H,29,30)(H2,27,31,32). The molecular weight excluding hydrogens is 456 g/mol. The Morgan fingerprint density at radius 2 is 1.89 bits per heavy atom. The molecule has 0 atom stereocenters. The normalized spacial score (nSPS) is 18.0. The van der Waals surface area contributed by atoms with Crippen molar-refractivity contribution in [1.82, 2.24) is 35.0 Å². The minimum atomic E-state index is -0.248. The molecule has 1 saturated carbocycles. The van der Waals surface area contributed by atoms with Crippen molar-refractivity contribution in [2.24, 2.45) is 0 Å². The van der Waals surface area contributed by atoms with E-state index in [1.165, 1.54) is 6.33 Å². The van der Waals surface area contributed by atoms with Crippen molar-refractivity contribution in [3.63, 3.8) is 0 Å². The van der Waals surface area contributed by atoms with Crippen LogP contribution in [0.3, 0.4) is 0 Å². The lowest BCUT2D eigenvalue weighted by atomic mass is 9.93. The van der Waals surface area contributed by atoms with Crippen LogP contribution in [0.4, 0.5) is 5.82 Å². The molecule has 6 rings (SSSR count). The summed E-state index contributed by atoms with van der Waals surface area (Å²) in [6.45, 7) is 0.380. The molecule has 1 aliphatic rings. The summed E-state index contributed by atoms with van der Waals surface area (Å²) in [4.78, 5) is 28.7.